The average Bonchev–Trinajstić information content (AvgIpc) is 2.69. The number of halogens is 1. The van der Waals surface area contributed by atoms with E-state index in [1.54, 1.807) is 6.07 Å². The zero-order valence-corrected chi connectivity index (χ0v) is 16.0. The molecule has 0 spiro atoms. The number of para-hydroxylation sites is 2. The van der Waals surface area contributed by atoms with E-state index in [2.05, 4.69) is 10.4 Å². The Morgan fingerprint density at radius 3 is 2.40 bits per heavy atom. The first kappa shape index (κ1) is 20.6. The molecular weight excluding hydrogens is 418 g/mol. The number of benzene rings is 2. The predicted octanol–water partition coefficient (Wildman–Crippen LogP) is 3.26. The van der Waals surface area contributed by atoms with Gasteiger partial charge in [0.05, 0.1) is 9.85 Å². The summed E-state index contributed by atoms with van der Waals surface area (Å²) in [5, 5.41) is 28.5. The molecule has 0 fully saturated rings. The molecule has 1 aromatic heterocycles. The molecule has 0 saturated heterocycles. The quantitative estimate of drug-likeness (QED) is 0.482. The third kappa shape index (κ3) is 4.00. The largest absolute Gasteiger partial charge is 0.320 e. The van der Waals surface area contributed by atoms with Crippen LogP contribution in [0.5, 0.6) is 0 Å². The van der Waals surface area contributed by atoms with E-state index in [0.717, 1.165) is 16.8 Å². The van der Waals surface area contributed by atoms with E-state index in [9.17, 15) is 29.8 Å². The molecule has 11 nitrogen and oxygen atoms in total. The summed E-state index contributed by atoms with van der Waals surface area (Å²) < 4.78 is 1.11. The van der Waals surface area contributed by atoms with Crippen molar-refractivity contribution < 1.29 is 14.6 Å². The molecular formula is C18H12ClN5O6. The highest BCUT2D eigenvalue weighted by molar-refractivity contribution is 6.32. The van der Waals surface area contributed by atoms with Gasteiger partial charge in [0.25, 0.3) is 17.3 Å². The number of nitrogens with zero attached hydrogens (tertiary/aromatic N) is 4. The van der Waals surface area contributed by atoms with Gasteiger partial charge in [-0.2, -0.15) is 5.10 Å². The molecule has 0 aliphatic rings. The van der Waals surface area contributed by atoms with Gasteiger partial charge in [0, 0.05) is 29.6 Å². The molecule has 152 valence electrons. The Morgan fingerprint density at radius 2 is 1.73 bits per heavy atom. The van der Waals surface area contributed by atoms with Crippen LogP contribution in [0.2, 0.25) is 5.02 Å². The summed E-state index contributed by atoms with van der Waals surface area (Å²) in [4.78, 5) is 45.9. The number of anilines is 1. The topological polar surface area (TPSA) is 150 Å². The summed E-state index contributed by atoms with van der Waals surface area (Å²) in [7, 11) is 0. The molecule has 0 bridgehead atoms. The fourth-order valence-corrected chi connectivity index (χ4v) is 2.85. The molecule has 0 saturated carbocycles. The Labute approximate surface area is 172 Å². The molecule has 3 aromatic rings. The lowest BCUT2D eigenvalue weighted by molar-refractivity contribution is -0.384. The molecule has 0 atom stereocenters. The van der Waals surface area contributed by atoms with E-state index in [0.29, 0.717) is 0 Å². The zero-order valence-electron chi connectivity index (χ0n) is 15.2. The Kier molecular flexibility index (Phi) is 5.56. The summed E-state index contributed by atoms with van der Waals surface area (Å²) in [5.41, 5.74) is -1.60. The van der Waals surface area contributed by atoms with Crippen molar-refractivity contribution >= 4 is 34.6 Å². The van der Waals surface area contributed by atoms with Crippen molar-refractivity contribution in [2.45, 2.75) is 6.92 Å². The summed E-state index contributed by atoms with van der Waals surface area (Å²) in [6, 6.07) is 10.4. The molecule has 1 N–H and O–H groups in total. The highest BCUT2D eigenvalue weighted by Gasteiger charge is 2.21. The van der Waals surface area contributed by atoms with Crippen LogP contribution in [0.1, 0.15) is 16.2 Å². The van der Waals surface area contributed by atoms with Crippen molar-refractivity contribution in [1.29, 1.82) is 0 Å². The van der Waals surface area contributed by atoms with Crippen molar-refractivity contribution in [1.82, 2.24) is 9.78 Å². The molecule has 0 unspecified atom stereocenters. The lowest BCUT2D eigenvalue weighted by Gasteiger charge is -2.11. The van der Waals surface area contributed by atoms with Crippen LogP contribution in [0.4, 0.5) is 17.1 Å². The van der Waals surface area contributed by atoms with Crippen molar-refractivity contribution in [3.63, 3.8) is 0 Å². The Bertz CT molecular complexity index is 1260. The van der Waals surface area contributed by atoms with Crippen molar-refractivity contribution in [2.75, 3.05) is 5.32 Å². The minimum absolute atomic E-state index is 0.0233. The van der Waals surface area contributed by atoms with Crippen LogP contribution in [0.15, 0.2) is 53.3 Å². The number of aromatic nitrogens is 2. The molecule has 0 aliphatic carbocycles. The van der Waals surface area contributed by atoms with Crippen LogP contribution in [-0.2, 0) is 0 Å². The Balaban J connectivity index is 2.04. The van der Waals surface area contributed by atoms with Crippen molar-refractivity contribution in [3.8, 4) is 5.69 Å². The Hall–Kier alpha value is -4.12. The van der Waals surface area contributed by atoms with Crippen LogP contribution in [0, 0.1) is 27.2 Å². The van der Waals surface area contributed by atoms with Gasteiger partial charge in [0.15, 0.2) is 5.69 Å². The molecule has 1 heterocycles. The normalized spacial score (nSPS) is 10.5. The standard InChI is InChI=1S/C18H12ClN5O6/c1-10-8-16(25)17(21-22(10)13-4-2-3-5-14(13)23(27)28)18(26)20-11-6-7-12(19)15(9-11)24(29)30/h2-9H,1H3,(H,20,26). The van der Waals surface area contributed by atoms with E-state index in [1.807, 2.05) is 0 Å². The number of rotatable bonds is 5. The van der Waals surface area contributed by atoms with E-state index < -0.39 is 32.6 Å². The maximum atomic E-state index is 12.6. The molecule has 12 heteroatoms. The lowest BCUT2D eigenvalue weighted by Crippen LogP contribution is -2.27. The van der Waals surface area contributed by atoms with Crippen LogP contribution in [-0.4, -0.2) is 25.5 Å². The van der Waals surface area contributed by atoms with E-state index in [-0.39, 0.29) is 27.8 Å². The van der Waals surface area contributed by atoms with Gasteiger partial charge < -0.3 is 5.32 Å². The molecule has 3 rings (SSSR count). The van der Waals surface area contributed by atoms with Gasteiger partial charge in [-0.1, -0.05) is 23.7 Å². The number of carbonyl (C=O) groups excluding carboxylic acids is 1. The maximum Gasteiger partial charge on any atom is 0.294 e. The van der Waals surface area contributed by atoms with Crippen molar-refractivity contribution in [3.05, 3.63) is 95.4 Å². The number of hydrogen-bond acceptors (Lipinski definition) is 7. The minimum atomic E-state index is -0.941. The summed E-state index contributed by atoms with van der Waals surface area (Å²) in [6.07, 6.45) is 0. The summed E-state index contributed by atoms with van der Waals surface area (Å²) in [5.74, 6) is -0.941. The first-order valence-electron chi connectivity index (χ1n) is 8.29. The van der Waals surface area contributed by atoms with E-state index >= 15 is 0 Å². The summed E-state index contributed by atoms with van der Waals surface area (Å²) in [6.45, 7) is 1.51. The highest BCUT2D eigenvalue weighted by atomic mass is 35.5. The van der Waals surface area contributed by atoms with Gasteiger partial charge >= 0.3 is 0 Å². The van der Waals surface area contributed by atoms with Gasteiger partial charge in [-0.3, -0.25) is 29.8 Å². The van der Waals surface area contributed by atoms with Crippen LogP contribution < -0.4 is 10.7 Å². The lowest BCUT2D eigenvalue weighted by atomic mass is 10.2. The summed E-state index contributed by atoms with van der Waals surface area (Å²) >= 11 is 5.74. The maximum absolute atomic E-state index is 12.6. The number of amides is 1. The smallest absolute Gasteiger partial charge is 0.294 e. The number of nitrogens with one attached hydrogen (secondary N) is 1. The SMILES string of the molecule is Cc1cc(=O)c(C(=O)Nc2ccc(Cl)c([N+](=O)[O-])c2)nn1-c1ccccc1[N+](=O)[O-]. The average molecular weight is 430 g/mol. The first-order chi connectivity index (χ1) is 14.2. The molecule has 0 radical (unpaired) electrons. The highest BCUT2D eigenvalue weighted by Crippen LogP contribution is 2.27. The fraction of sp³-hybridized carbons (Fsp3) is 0.0556. The second-order valence-corrected chi connectivity index (χ2v) is 6.44. The first-order valence-corrected chi connectivity index (χ1v) is 8.67. The van der Waals surface area contributed by atoms with Gasteiger partial charge in [0.1, 0.15) is 10.7 Å². The molecule has 2 aromatic carbocycles. The van der Waals surface area contributed by atoms with Gasteiger partial charge in [0.2, 0.25) is 5.43 Å². The fourth-order valence-electron chi connectivity index (χ4n) is 2.67. The van der Waals surface area contributed by atoms with Gasteiger partial charge in [-0.05, 0) is 25.1 Å². The third-order valence-corrected chi connectivity index (χ3v) is 4.35. The monoisotopic (exact) mass is 429 g/mol. The van der Waals surface area contributed by atoms with Crippen molar-refractivity contribution in [2.24, 2.45) is 0 Å². The van der Waals surface area contributed by atoms with Crippen LogP contribution in [0.3, 0.4) is 0 Å². The number of aryl methyl sites for hydroxylation is 1. The zero-order chi connectivity index (χ0) is 22.0. The second kappa shape index (κ2) is 8.09. The molecule has 0 aliphatic heterocycles. The number of carbonyl (C=O) groups is 1. The van der Waals surface area contributed by atoms with Gasteiger partial charge in [-0.15, -0.1) is 0 Å². The molecule has 30 heavy (non-hydrogen) atoms. The number of nitro benzene ring substituents is 2. The van der Waals surface area contributed by atoms with E-state index in [1.165, 1.54) is 37.3 Å². The third-order valence-electron chi connectivity index (χ3n) is 4.03. The number of nitro groups is 2. The predicted molar refractivity (Wildman–Crippen MR) is 107 cm³/mol. The second-order valence-electron chi connectivity index (χ2n) is 6.03. The van der Waals surface area contributed by atoms with E-state index in [4.69, 9.17) is 11.6 Å². The molecule has 1 amide bonds. The number of hydrogen-bond donors (Lipinski definition) is 1. The minimum Gasteiger partial charge on any atom is -0.320 e. The van der Waals surface area contributed by atoms with Crippen LogP contribution in [0.25, 0.3) is 5.69 Å². The van der Waals surface area contributed by atoms with Gasteiger partial charge in [-0.25, -0.2) is 4.68 Å². The Morgan fingerprint density at radius 1 is 1.07 bits per heavy atom. The van der Waals surface area contributed by atoms with Crippen LogP contribution >= 0.6 is 11.6 Å².